The van der Waals surface area contributed by atoms with Gasteiger partial charge in [0.15, 0.2) is 0 Å². The second kappa shape index (κ2) is 5.98. The van der Waals surface area contributed by atoms with Crippen LogP contribution in [0.25, 0.3) is 0 Å². The Hall–Kier alpha value is -1.06. The molecule has 2 rings (SSSR count). The maximum absolute atomic E-state index is 6.30. The summed E-state index contributed by atoms with van der Waals surface area (Å²) < 4.78 is 0. The van der Waals surface area contributed by atoms with Crippen LogP contribution in [0.5, 0.6) is 0 Å². The molecule has 2 aromatic rings. The van der Waals surface area contributed by atoms with Gasteiger partial charge in [-0.05, 0) is 32.4 Å². The SMILES string of the molecule is Cc1cccc(Cl)c1NC(C)c1sc(C(C)(C)C)nc1C. The van der Waals surface area contributed by atoms with Crippen molar-refractivity contribution in [2.24, 2.45) is 0 Å². The summed E-state index contributed by atoms with van der Waals surface area (Å²) in [5.41, 5.74) is 3.37. The molecule has 1 unspecified atom stereocenters. The predicted molar refractivity (Wildman–Crippen MR) is 93.8 cm³/mol. The van der Waals surface area contributed by atoms with Crippen LogP contribution in [0, 0.1) is 13.8 Å². The molecule has 0 aliphatic heterocycles. The molecule has 0 aliphatic rings. The lowest BCUT2D eigenvalue weighted by Gasteiger charge is -2.18. The minimum Gasteiger partial charge on any atom is -0.376 e. The number of thiazole rings is 1. The number of nitrogens with one attached hydrogen (secondary N) is 1. The molecule has 21 heavy (non-hydrogen) atoms. The van der Waals surface area contributed by atoms with Crippen molar-refractivity contribution in [3.63, 3.8) is 0 Å². The zero-order valence-corrected chi connectivity index (χ0v) is 15.1. The standard InChI is InChI=1S/C17H23ClN2S/c1-10-8-7-9-13(18)14(10)19-11(2)15-12(3)20-16(21-15)17(4,5)6/h7-9,11,19H,1-6H3. The molecule has 2 nitrogen and oxygen atoms in total. The summed E-state index contributed by atoms with van der Waals surface area (Å²) in [4.78, 5) is 6.01. The van der Waals surface area contributed by atoms with Crippen molar-refractivity contribution in [1.29, 1.82) is 0 Å². The second-order valence-corrected chi connectivity index (χ2v) is 7.95. The number of hydrogen-bond acceptors (Lipinski definition) is 3. The second-order valence-electron chi connectivity index (χ2n) is 6.52. The molecule has 1 aromatic heterocycles. The first-order valence-electron chi connectivity index (χ1n) is 7.19. The van der Waals surface area contributed by atoms with Crippen LogP contribution in [0.15, 0.2) is 18.2 Å². The maximum atomic E-state index is 6.30. The third-order valence-corrected chi connectivity index (χ3v) is 5.53. The van der Waals surface area contributed by atoms with Crippen LogP contribution >= 0.6 is 22.9 Å². The lowest BCUT2D eigenvalue weighted by atomic mass is 9.98. The summed E-state index contributed by atoms with van der Waals surface area (Å²) in [5.74, 6) is 0. The van der Waals surface area contributed by atoms with Crippen molar-refractivity contribution in [3.05, 3.63) is 44.4 Å². The summed E-state index contributed by atoms with van der Waals surface area (Å²) in [5, 5.41) is 5.48. The fourth-order valence-corrected chi connectivity index (χ4v) is 3.63. The molecule has 4 heteroatoms. The van der Waals surface area contributed by atoms with E-state index in [0.717, 1.165) is 22.0 Å². The van der Waals surface area contributed by atoms with Crippen LogP contribution in [-0.4, -0.2) is 4.98 Å². The monoisotopic (exact) mass is 322 g/mol. The largest absolute Gasteiger partial charge is 0.376 e. The van der Waals surface area contributed by atoms with Crippen LogP contribution in [0.3, 0.4) is 0 Å². The Morgan fingerprint density at radius 1 is 1.24 bits per heavy atom. The van der Waals surface area contributed by atoms with Crippen LogP contribution in [-0.2, 0) is 5.41 Å². The maximum Gasteiger partial charge on any atom is 0.0985 e. The van der Waals surface area contributed by atoms with Crippen molar-refractivity contribution in [2.45, 2.75) is 53.0 Å². The van der Waals surface area contributed by atoms with E-state index in [0.29, 0.717) is 0 Å². The summed E-state index contributed by atoms with van der Waals surface area (Å²) in [6, 6.07) is 6.16. The Bertz CT molecular complexity index is 620. The van der Waals surface area contributed by atoms with Crippen LogP contribution in [0.2, 0.25) is 5.02 Å². The first-order chi connectivity index (χ1) is 9.70. The van der Waals surface area contributed by atoms with Gasteiger partial charge in [-0.1, -0.05) is 44.5 Å². The topological polar surface area (TPSA) is 24.9 Å². The van der Waals surface area contributed by atoms with E-state index in [4.69, 9.17) is 16.6 Å². The molecule has 1 N–H and O–H groups in total. The molecule has 0 bridgehead atoms. The van der Waals surface area contributed by atoms with E-state index >= 15 is 0 Å². The highest BCUT2D eigenvalue weighted by molar-refractivity contribution is 7.12. The fraction of sp³-hybridized carbons (Fsp3) is 0.471. The van der Waals surface area contributed by atoms with Crippen molar-refractivity contribution in [3.8, 4) is 0 Å². The quantitative estimate of drug-likeness (QED) is 0.762. The Morgan fingerprint density at radius 2 is 1.90 bits per heavy atom. The number of anilines is 1. The molecular formula is C17H23ClN2S. The zero-order chi connectivity index (χ0) is 15.8. The van der Waals surface area contributed by atoms with Crippen LogP contribution in [0.1, 0.15) is 54.9 Å². The smallest absolute Gasteiger partial charge is 0.0985 e. The molecule has 0 spiro atoms. The van der Waals surface area contributed by atoms with E-state index in [1.165, 1.54) is 9.88 Å². The van der Waals surface area contributed by atoms with E-state index in [-0.39, 0.29) is 11.5 Å². The van der Waals surface area contributed by atoms with E-state index in [1.807, 2.05) is 12.1 Å². The van der Waals surface area contributed by atoms with E-state index < -0.39 is 0 Å². The Labute approximate surface area is 136 Å². The van der Waals surface area contributed by atoms with Gasteiger partial charge in [0.05, 0.1) is 27.5 Å². The number of halogens is 1. The van der Waals surface area contributed by atoms with Crippen molar-refractivity contribution < 1.29 is 0 Å². The number of nitrogens with zero attached hydrogens (tertiary/aromatic N) is 1. The minimum absolute atomic E-state index is 0.0910. The molecule has 1 atom stereocenters. The zero-order valence-electron chi connectivity index (χ0n) is 13.5. The van der Waals surface area contributed by atoms with Gasteiger partial charge in [-0.15, -0.1) is 11.3 Å². The lowest BCUT2D eigenvalue weighted by molar-refractivity contribution is 0.584. The van der Waals surface area contributed by atoms with Gasteiger partial charge in [0.1, 0.15) is 0 Å². The highest BCUT2D eigenvalue weighted by Crippen LogP contribution is 2.35. The Kier molecular flexibility index (Phi) is 4.64. The average Bonchev–Trinajstić information content (AvgIpc) is 2.76. The van der Waals surface area contributed by atoms with Gasteiger partial charge in [0, 0.05) is 10.3 Å². The van der Waals surface area contributed by atoms with Gasteiger partial charge in [-0.3, -0.25) is 0 Å². The van der Waals surface area contributed by atoms with Gasteiger partial charge in [0.2, 0.25) is 0 Å². The van der Waals surface area contributed by atoms with Crippen molar-refractivity contribution in [2.75, 3.05) is 5.32 Å². The molecule has 0 radical (unpaired) electrons. The molecular weight excluding hydrogens is 300 g/mol. The predicted octanol–water partition coefficient (Wildman–Crippen LogP) is 5.88. The van der Waals surface area contributed by atoms with Gasteiger partial charge >= 0.3 is 0 Å². The van der Waals surface area contributed by atoms with E-state index in [9.17, 15) is 0 Å². The summed E-state index contributed by atoms with van der Waals surface area (Å²) in [6.07, 6.45) is 0. The molecule has 1 aromatic carbocycles. The van der Waals surface area contributed by atoms with Gasteiger partial charge in [0.25, 0.3) is 0 Å². The number of aryl methyl sites for hydroxylation is 2. The summed E-state index contributed by atoms with van der Waals surface area (Å²) in [6.45, 7) is 12.9. The number of rotatable bonds is 3. The molecule has 0 saturated carbocycles. The van der Waals surface area contributed by atoms with E-state index in [1.54, 1.807) is 11.3 Å². The molecule has 0 amide bonds. The lowest BCUT2D eigenvalue weighted by Crippen LogP contribution is -2.10. The fourth-order valence-electron chi connectivity index (χ4n) is 2.23. The summed E-state index contributed by atoms with van der Waals surface area (Å²) in [7, 11) is 0. The number of para-hydroxylation sites is 1. The average molecular weight is 323 g/mol. The number of benzene rings is 1. The Balaban J connectivity index is 2.29. The number of hydrogen-bond donors (Lipinski definition) is 1. The first-order valence-corrected chi connectivity index (χ1v) is 8.39. The van der Waals surface area contributed by atoms with E-state index in [2.05, 4.69) is 52.9 Å². The van der Waals surface area contributed by atoms with Crippen molar-refractivity contribution in [1.82, 2.24) is 4.98 Å². The highest BCUT2D eigenvalue weighted by atomic mass is 35.5. The first kappa shape index (κ1) is 16.3. The summed E-state index contributed by atoms with van der Waals surface area (Å²) >= 11 is 8.09. The normalized spacial score (nSPS) is 13.3. The third-order valence-electron chi connectivity index (χ3n) is 3.45. The van der Waals surface area contributed by atoms with Gasteiger partial charge < -0.3 is 5.32 Å². The van der Waals surface area contributed by atoms with Crippen LogP contribution < -0.4 is 5.32 Å². The highest BCUT2D eigenvalue weighted by Gasteiger charge is 2.22. The molecule has 1 heterocycles. The third kappa shape index (κ3) is 3.58. The molecule has 0 saturated heterocycles. The minimum atomic E-state index is 0.0910. The number of aromatic nitrogens is 1. The molecule has 114 valence electrons. The van der Waals surface area contributed by atoms with Crippen molar-refractivity contribution >= 4 is 28.6 Å². The molecule has 0 aliphatic carbocycles. The Morgan fingerprint density at radius 3 is 2.43 bits per heavy atom. The van der Waals surface area contributed by atoms with Gasteiger partial charge in [-0.2, -0.15) is 0 Å². The molecule has 0 fully saturated rings. The van der Waals surface area contributed by atoms with Gasteiger partial charge in [-0.25, -0.2) is 4.98 Å². The van der Waals surface area contributed by atoms with Crippen LogP contribution in [0.4, 0.5) is 5.69 Å².